The van der Waals surface area contributed by atoms with Gasteiger partial charge in [0.1, 0.15) is 0 Å². The molecular formula is C21H26ClN3O2. The number of carbonyl (C=O) groups excluding carboxylic acids is 2. The summed E-state index contributed by atoms with van der Waals surface area (Å²) in [5.74, 6) is 0.918. The van der Waals surface area contributed by atoms with Gasteiger partial charge in [-0.2, -0.15) is 0 Å². The fourth-order valence-corrected chi connectivity index (χ4v) is 3.52. The molecule has 1 saturated carbocycles. The fourth-order valence-electron chi connectivity index (χ4n) is 3.52. The van der Waals surface area contributed by atoms with Crippen LogP contribution >= 0.6 is 12.4 Å². The van der Waals surface area contributed by atoms with Crippen molar-refractivity contribution in [3.8, 4) is 0 Å². The smallest absolute Gasteiger partial charge is 0.253 e. The van der Waals surface area contributed by atoms with Crippen molar-refractivity contribution >= 4 is 24.1 Å². The molecule has 2 aromatic rings. The van der Waals surface area contributed by atoms with Crippen LogP contribution in [0.2, 0.25) is 0 Å². The summed E-state index contributed by atoms with van der Waals surface area (Å²) in [4.78, 5) is 29.8. The molecule has 0 atom stereocenters. The zero-order valence-corrected chi connectivity index (χ0v) is 16.1. The van der Waals surface area contributed by atoms with Crippen molar-refractivity contribution in [2.45, 2.75) is 31.7 Å². The molecule has 4 rings (SSSR count). The summed E-state index contributed by atoms with van der Waals surface area (Å²) in [5.41, 5.74) is 1.88. The Labute approximate surface area is 165 Å². The lowest BCUT2D eigenvalue weighted by atomic mass is 10.0. The van der Waals surface area contributed by atoms with Crippen LogP contribution in [-0.4, -0.2) is 47.3 Å². The standard InChI is InChI=1S/C21H25N3O2.ClH/c25-20(18-7-10-22-14-18)16-3-5-17(6-4-16)21(26)24-11-8-19(9-12-24)23-13-15-1-2-15;/h3-7,10,14-15,19,22-23H,1-2,8-9,11-13H2;1H. The first-order valence-electron chi connectivity index (χ1n) is 9.51. The summed E-state index contributed by atoms with van der Waals surface area (Å²) < 4.78 is 0. The zero-order valence-electron chi connectivity index (χ0n) is 15.3. The zero-order chi connectivity index (χ0) is 17.9. The molecule has 1 aromatic heterocycles. The van der Waals surface area contributed by atoms with Gasteiger partial charge in [0.2, 0.25) is 0 Å². The third-order valence-corrected chi connectivity index (χ3v) is 5.43. The lowest BCUT2D eigenvalue weighted by Crippen LogP contribution is -2.45. The minimum atomic E-state index is -0.0344. The number of hydrogen-bond acceptors (Lipinski definition) is 3. The Morgan fingerprint density at radius 3 is 2.22 bits per heavy atom. The predicted molar refractivity (Wildman–Crippen MR) is 108 cm³/mol. The quantitative estimate of drug-likeness (QED) is 0.747. The van der Waals surface area contributed by atoms with E-state index in [0.717, 1.165) is 38.4 Å². The summed E-state index contributed by atoms with van der Waals surface area (Å²) in [5, 5.41) is 3.64. The number of nitrogens with zero attached hydrogens (tertiary/aromatic N) is 1. The Kier molecular flexibility index (Phi) is 6.34. The van der Waals surface area contributed by atoms with Gasteiger partial charge in [0.05, 0.1) is 0 Å². The van der Waals surface area contributed by atoms with E-state index in [1.165, 1.54) is 12.8 Å². The molecule has 6 heteroatoms. The fraction of sp³-hybridized carbons (Fsp3) is 0.429. The van der Waals surface area contributed by atoms with Gasteiger partial charge < -0.3 is 15.2 Å². The predicted octanol–water partition coefficient (Wildman–Crippen LogP) is 3.27. The number of aromatic nitrogens is 1. The molecular weight excluding hydrogens is 362 g/mol. The number of hydrogen-bond donors (Lipinski definition) is 2. The van der Waals surface area contributed by atoms with Gasteiger partial charge in [0, 0.05) is 48.2 Å². The molecule has 1 saturated heterocycles. The van der Waals surface area contributed by atoms with Crippen LogP contribution in [0.4, 0.5) is 0 Å². The Bertz CT molecular complexity index is 761. The van der Waals surface area contributed by atoms with Crippen molar-refractivity contribution in [2.75, 3.05) is 19.6 Å². The number of halogens is 1. The summed E-state index contributed by atoms with van der Waals surface area (Å²) in [6.45, 7) is 2.73. The number of ketones is 1. The SMILES string of the molecule is Cl.O=C(c1ccc(C(=O)N2CCC(NCC3CC3)CC2)cc1)c1cc[nH]c1. The van der Waals surface area contributed by atoms with E-state index in [9.17, 15) is 9.59 Å². The molecule has 1 aliphatic heterocycles. The van der Waals surface area contributed by atoms with Gasteiger partial charge in [-0.3, -0.25) is 9.59 Å². The normalized spacial score (nSPS) is 17.4. The maximum Gasteiger partial charge on any atom is 0.253 e. The molecule has 1 aliphatic carbocycles. The molecule has 2 fully saturated rings. The highest BCUT2D eigenvalue weighted by Crippen LogP contribution is 2.28. The van der Waals surface area contributed by atoms with E-state index in [2.05, 4.69) is 10.3 Å². The van der Waals surface area contributed by atoms with Crippen LogP contribution in [0, 0.1) is 5.92 Å². The molecule has 5 nitrogen and oxygen atoms in total. The van der Waals surface area contributed by atoms with E-state index in [4.69, 9.17) is 0 Å². The summed E-state index contributed by atoms with van der Waals surface area (Å²) in [6, 6.07) is 9.31. The van der Waals surface area contributed by atoms with Crippen molar-refractivity contribution in [3.05, 3.63) is 59.4 Å². The van der Waals surface area contributed by atoms with E-state index in [0.29, 0.717) is 22.7 Å². The number of nitrogens with one attached hydrogen (secondary N) is 2. The van der Waals surface area contributed by atoms with Crippen LogP contribution in [0.5, 0.6) is 0 Å². The van der Waals surface area contributed by atoms with Crippen LogP contribution in [0.3, 0.4) is 0 Å². The van der Waals surface area contributed by atoms with E-state index in [-0.39, 0.29) is 24.1 Å². The summed E-state index contributed by atoms with van der Waals surface area (Å²) >= 11 is 0. The molecule has 27 heavy (non-hydrogen) atoms. The average molecular weight is 388 g/mol. The van der Waals surface area contributed by atoms with Crippen LogP contribution in [-0.2, 0) is 0 Å². The monoisotopic (exact) mass is 387 g/mol. The van der Waals surface area contributed by atoms with E-state index >= 15 is 0 Å². The molecule has 2 aliphatic rings. The molecule has 1 aromatic carbocycles. The molecule has 0 radical (unpaired) electrons. The number of likely N-dealkylation sites (tertiary alicyclic amines) is 1. The van der Waals surface area contributed by atoms with Crippen molar-refractivity contribution in [1.82, 2.24) is 15.2 Å². The van der Waals surface area contributed by atoms with Gasteiger partial charge in [-0.15, -0.1) is 12.4 Å². The molecule has 0 unspecified atom stereocenters. The number of benzene rings is 1. The number of rotatable bonds is 6. The van der Waals surface area contributed by atoms with E-state index < -0.39 is 0 Å². The number of carbonyl (C=O) groups is 2. The lowest BCUT2D eigenvalue weighted by Gasteiger charge is -2.32. The lowest BCUT2D eigenvalue weighted by molar-refractivity contribution is 0.0704. The highest BCUT2D eigenvalue weighted by atomic mass is 35.5. The molecule has 0 bridgehead atoms. The van der Waals surface area contributed by atoms with Crippen LogP contribution in [0.1, 0.15) is 52.0 Å². The van der Waals surface area contributed by atoms with Crippen molar-refractivity contribution in [1.29, 1.82) is 0 Å². The van der Waals surface area contributed by atoms with Gasteiger partial charge >= 0.3 is 0 Å². The second kappa shape index (κ2) is 8.72. The van der Waals surface area contributed by atoms with Crippen LogP contribution in [0.15, 0.2) is 42.7 Å². The van der Waals surface area contributed by atoms with E-state index in [1.54, 1.807) is 42.7 Å². The number of aromatic amines is 1. The Balaban J connectivity index is 0.00000210. The Morgan fingerprint density at radius 2 is 1.63 bits per heavy atom. The second-order valence-corrected chi connectivity index (χ2v) is 7.42. The molecule has 144 valence electrons. The van der Waals surface area contributed by atoms with Gasteiger partial charge in [-0.05, 0) is 56.3 Å². The first kappa shape index (κ1) is 19.6. The molecule has 2 heterocycles. The van der Waals surface area contributed by atoms with Gasteiger partial charge in [0.15, 0.2) is 5.78 Å². The first-order chi connectivity index (χ1) is 12.7. The summed E-state index contributed by atoms with van der Waals surface area (Å²) in [6.07, 6.45) is 8.18. The summed E-state index contributed by atoms with van der Waals surface area (Å²) in [7, 11) is 0. The second-order valence-electron chi connectivity index (χ2n) is 7.42. The molecule has 1 amide bonds. The van der Waals surface area contributed by atoms with Crippen molar-refractivity contribution in [2.24, 2.45) is 5.92 Å². The average Bonchev–Trinajstić information content (AvgIpc) is 3.36. The first-order valence-corrected chi connectivity index (χ1v) is 9.51. The maximum atomic E-state index is 12.7. The van der Waals surface area contributed by atoms with Gasteiger partial charge in [-0.25, -0.2) is 0 Å². The third-order valence-electron chi connectivity index (χ3n) is 5.43. The molecule has 2 N–H and O–H groups in total. The topological polar surface area (TPSA) is 65.2 Å². The number of amides is 1. The van der Waals surface area contributed by atoms with Gasteiger partial charge in [0.25, 0.3) is 5.91 Å². The van der Waals surface area contributed by atoms with Crippen LogP contribution < -0.4 is 5.32 Å². The Morgan fingerprint density at radius 1 is 0.963 bits per heavy atom. The Hall–Kier alpha value is -2.11. The molecule has 0 spiro atoms. The third kappa shape index (κ3) is 4.79. The minimum Gasteiger partial charge on any atom is -0.367 e. The van der Waals surface area contributed by atoms with Crippen molar-refractivity contribution in [3.63, 3.8) is 0 Å². The van der Waals surface area contributed by atoms with Gasteiger partial charge in [-0.1, -0.05) is 12.1 Å². The highest BCUT2D eigenvalue weighted by Gasteiger charge is 2.26. The highest BCUT2D eigenvalue weighted by molar-refractivity contribution is 6.09. The largest absolute Gasteiger partial charge is 0.367 e. The number of piperidine rings is 1. The maximum absolute atomic E-state index is 12.7. The van der Waals surface area contributed by atoms with Crippen LogP contribution in [0.25, 0.3) is 0 Å². The minimum absolute atomic E-state index is 0. The van der Waals surface area contributed by atoms with E-state index in [1.807, 2.05) is 4.90 Å². The number of H-pyrrole nitrogens is 1. The van der Waals surface area contributed by atoms with Crippen molar-refractivity contribution < 1.29 is 9.59 Å².